The zero-order valence-corrected chi connectivity index (χ0v) is 14.0. The SMILES string of the molecule is CCS(=O)(=O)N(C)C1CCN(c2nc(C)cc(C)n2)CC1. The van der Waals surface area contributed by atoms with Gasteiger partial charge in [-0.05, 0) is 39.7 Å². The first-order valence-electron chi connectivity index (χ1n) is 7.36. The van der Waals surface area contributed by atoms with Gasteiger partial charge in [0, 0.05) is 37.6 Å². The molecule has 0 atom stereocenters. The third kappa shape index (κ3) is 3.71. The van der Waals surface area contributed by atoms with E-state index < -0.39 is 10.0 Å². The highest BCUT2D eigenvalue weighted by atomic mass is 32.2. The molecular formula is C14H24N4O2S. The van der Waals surface area contributed by atoms with E-state index in [4.69, 9.17) is 0 Å². The Balaban J connectivity index is 2.03. The van der Waals surface area contributed by atoms with Crippen molar-refractivity contribution >= 4 is 16.0 Å². The zero-order chi connectivity index (χ0) is 15.6. The monoisotopic (exact) mass is 312 g/mol. The second kappa shape index (κ2) is 6.27. The second-order valence-electron chi connectivity index (χ2n) is 5.59. The topological polar surface area (TPSA) is 66.4 Å². The molecule has 0 saturated carbocycles. The Morgan fingerprint density at radius 3 is 2.24 bits per heavy atom. The summed E-state index contributed by atoms with van der Waals surface area (Å²) in [4.78, 5) is 11.1. The van der Waals surface area contributed by atoms with E-state index in [2.05, 4.69) is 14.9 Å². The van der Waals surface area contributed by atoms with Crippen molar-refractivity contribution in [1.82, 2.24) is 14.3 Å². The van der Waals surface area contributed by atoms with Crippen molar-refractivity contribution in [3.05, 3.63) is 17.5 Å². The standard InChI is InChI=1S/C14H24N4O2S/c1-5-21(19,20)17(4)13-6-8-18(9-7-13)14-15-11(2)10-12(3)16-14/h10,13H,5-9H2,1-4H3. The van der Waals surface area contributed by atoms with Crippen LogP contribution in [0, 0.1) is 13.8 Å². The summed E-state index contributed by atoms with van der Waals surface area (Å²) in [6.07, 6.45) is 1.62. The lowest BCUT2D eigenvalue weighted by atomic mass is 10.1. The Kier molecular flexibility index (Phi) is 4.83. The van der Waals surface area contributed by atoms with Crippen LogP contribution >= 0.6 is 0 Å². The third-order valence-electron chi connectivity index (χ3n) is 4.04. The van der Waals surface area contributed by atoms with E-state index in [-0.39, 0.29) is 11.8 Å². The maximum Gasteiger partial charge on any atom is 0.225 e. The summed E-state index contributed by atoms with van der Waals surface area (Å²) in [5.74, 6) is 0.913. The Bertz CT molecular complexity index is 575. The maximum atomic E-state index is 11.9. The van der Waals surface area contributed by atoms with Gasteiger partial charge < -0.3 is 4.90 Å². The van der Waals surface area contributed by atoms with Gasteiger partial charge >= 0.3 is 0 Å². The summed E-state index contributed by atoms with van der Waals surface area (Å²) < 4.78 is 25.4. The first-order valence-corrected chi connectivity index (χ1v) is 8.97. The molecule has 1 aliphatic rings. The lowest BCUT2D eigenvalue weighted by molar-refractivity contribution is 0.311. The molecular weight excluding hydrogens is 288 g/mol. The van der Waals surface area contributed by atoms with Crippen LogP contribution in [0.25, 0.3) is 0 Å². The van der Waals surface area contributed by atoms with Crippen LogP contribution < -0.4 is 4.90 Å². The minimum absolute atomic E-state index is 0.0807. The van der Waals surface area contributed by atoms with Crippen molar-refractivity contribution in [2.24, 2.45) is 0 Å². The highest BCUT2D eigenvalue weighted by Crippen LogP contribution is 2.21. The number of sulfonamides is 1. The molecule has 0 bridgehead atoms. The third-order valence-corrected chi connectivity index (χ3v) is 5.94. The second-order valence-corrected chi connectivity index (χ2v) is 7.90. The van der Waals surface area contributed by atoms with Gasteiger partial charge in [-0.25, -0.2) is 22.7 Å². The molecule has 0 aliphatic carbocycles. The summed E-state index contributed by atoms with van der Waals surface area (Å²) in [5, 5.41) is 0. The molecule has 0 radical (unpaired) electrons. The fourth-order valence-electron chi connectivity index (χ4n) is 2.71. The van der Waals surface area contributed by atoms with Gasteiger partial charge in [0.2, 0.25) is 16.0 Å². The fraction of sp³-hybridized carbons (Fsp3) is 0.714. The normalized spacial score (nSPS) is 17.5. The van der Waals surface area contributed by atoms with Crippen molar-refractivity contribution in [3.63, 3.8) is 0 Å². The maximum absolute atomic E-state index is 11.9. The number of aromatic nitrogens is 2. The summed E-state index contributed by atoms with van der Waals surface area (Å²) in [5.41, 5.74) is 1.93. The first-order chi connectivity index (χ1) is 9.83. The van der Waals surface area contributed by atoms with Crippen molar-refractivity contribution in [2.75, 3.05) is 30.8 Å². The summed E-state index contributed by atoms with van der Waals surface area (Å²) >= 11 is 0. The molecule has 6 nitrogen and oxygen atoms in total. The number of rotatable bonds is 4. The quantitative estimate of drug-likeness (QED) is 0.839. The Morgan fingerprint density at radius 2 is 1.76 bits per heavy atom. The van der Waals surface area contributed by atoms with Crippen LogP contribution in [-0.2, 0) is 10.0 Å². The van der Waals surface area contributed by atoms with Crippen molar-refractivity contribution in [2.45, 2.75) is 39.7 Å². The number of aryl methyl sites for hydroxylation is 2. The van der Waals surface area contributed by atoms with Crippen LogP contribution in [0.3, 0.4) is 0 Å². The fourth-order valence-corrected chi connectivity index (χ4v) is 3.78. The molecule has 0 spiro atoms. The van der Waals surface area contributed by atoms with Crippen molar-refractivity contribution in [1.29, 1.82) is 0 Å². The molecule has 118 valence electrons. The number of nitrogens with zero attached hydrogens (tertiary/aromatic N) is 4. The smallest absolute Gasteiger partial charge is 0.225 e. The highest BCUT2D eigenvalue weighted by molar-refractivity contribution is 7.89. The van der Waals surface area contributed by atoms with Gasteiger partial charge in [0.05, 0.1) is 5.75 Å². The average molecular weight is 312 g/mol. The molecule has 1 fully saturated rings. The molecule has 1 aromatic rings. The largest absolute Gasteiger partial charge is 0.341 e. The molecule has 1 saturated heterocycles. The molecule has 7 heteroatoms. The Labute approximate surface area is 127 Å². The molecule has 1 aliphatic heterocycles. The van der Waals surface area contributed by atoms with E-state index in [9.17, 15) is 8.42 Å². The van der Waals surface area contributed by atoms with Gasteiger partial charge in [0.15, 0.2) is 0 Å². The molecule has 21 heavy (non-hydrogen) atoms. The molecule has 0 unspecified atom stereocenters. The average Bonchev–Trinajstić information content (AvgIpc) is 2.45. The van der Waals surface area contributed by atoms with E-state index in [0.717, 1.165) is 43.3 Å². The molecule has 0 N–H and O–H groups in total. The molecule has 0 aromatic carbocycles. The Hall–Kier alpha value is -1.21. The molecule has 2 rings (SSSR count). The predicted molar refractivity (Wildman–Crippen MR) is 84.0 cm³/mol. The minimum Gasteiger partial charge on any atom is -0.341 e. The summed E-state index contributed by atoms with van der Waals surface area (Å²) in [6, 6.07) is 2.04. The molecule has 0 amide bonds. The van der Waals surface area contributed by atoms with Crippen LogP contribution in [0.2, 0.25) is 0 Å². The number of piperidine rings is 1. The summed E-state index contributed by atoms with van der Waals surface area (Å²) in [6.45, 7) is 7.19. The van der Waals surface area contributed by atoms with Gasteiger partial charge in [-0.1, -0.05) is 0 Å². The molecule has 1 aromatic heterocycles. The van der Waals surface area contributed by atoms with Crippen LogP contribution in [-0.4, -0.2) is 54.6 Å². The lowest BCUT2D eigenvalue weighted by Crippen LogP contribution is -2.46. The van der Waals surface area contributed by atoms with Gasteiger partial charge in [-0.15, -0.1) is 0 Å². The highest BCUT2D eigenvalue weighted by Gasteiger charge is 2.29. The van der Waals surface area contributed by atoms with E-state index in [1.54, 1.807) is 14.0 Å². The van der Waals surface area contributed by atoms with Gasteiger partial charge in [0.25, 0.3) is 0 Å². The predicted octanol–water partition coefficient (Wildman–Crippen LogP) is 1.34. The van der Waals surface area contributed by atoms with Gasteiger partial charge in [-0.3, -0.25) is 0 Å². The minimum atomic E-state index is -3.11. The lowest BCUT2D eigenvalue weighted by Gasteiger charge is -2.36. The van der Waals surface area contributed by atoms with Crippen LogP contribution in [0.5, 0.6) is 0 Å². The number of hydrogen-bond acceptors (Lipinski definition) is 5. The van der Waals surface area contributed by atoms with Gasteiger partial charge in [0.1, 0.15) is 0 Å². The van der Waals surface area contributed by atoms with E-state index in [1.165, 1.54) is 4.31 Å². The van der Waals surface area contributed by atoms with Gasteiger partial charge in [-0.2, -0.15) is 0 Å². The van der Waals surface area contributed by atoms with E-state index in [1.807, 2.05) is 19.9 Å². The number of anilines is 1. The zero-order valence-electron chi connectivity index (χ0n) is 13.2. The number of hydrogen-bond donors (Lipinski definition) is 0. The first kappa shape index (κ1) is 16.2. The van der Waals surface area contributed by atoms with E-state index >= 15 is 0 Å². The summed E-state index contributed by atoms with van der Waals surface area (Å²) in [7, 11) is -1.42. The Morgan fingerprint density at radius 1 is 1.24 bits per heavy atom. The van der Waals surface area contributed by atoms with Crippen LogP contribution in [0.1, 0.15) is 31.2 Å². The molecule has 2 heterocycles. The van der Waals surface area contributed by atoms with Crippen molar-refractivity contribution in [3.8, 4) is 0 Å². The van der Waals surface area contributed by atoms with Crippen LogP contribution in [0.15, 0.2) is 6.07 Å². The van der Waals surface area contributed by atoms with E-state index in [0.29, 0.717) is 0 Å². The van der Waals surface area contributed by atoms with Crippen LogP contribution in [0.4, 0.5) is 5.95 Å². The van der Waals surface area contributed by atoms with Crippen molar-refractivity contribution < 1.29 is 8.42 Å².